The minimum Gasteiger partial charge on any atom is -0.376 e. The number of rotatable bonds is 7. The number of halogens is 2. The second-order valence-corrected chi connectivity index (χ2v) is 11.6. The van der Waals surface area contributed by atoms with Gasteiger partial charge in [0.05, 0.1) is 29.7 Å². The summed E-state index contributed by atoms with van der Waals surface area (Å²) in [5.41, 5.74) is 2.19. The molecule has 14 nitrogen and oxygen atoms in total. The number of piperidine rings is 2. The number of likely N-dealkylation sites (tertiary alicyclic amines) is 1. The molecule has 230 valence electrons. The Hall–Kier alpha value is -4.27. The van der Waals surface area contributed by atoms with E-state index in [4.69, 9.17) is 23.2 Å². The summed E-state index contributed by atoms with van der Waals surface area (Å²) in [5.74, 6) is 1.62. The van der Waals surface area contributed by atoms with E-state index < -0.39 is 0 Å². The topological polar surface area (TPSA) is 177 Å². The largest absolute Gasteiger partial charge is 0.376 e. The molecule has 4 aromatic heterocycles. The van der Waals surface area contributed by atoms with Crippen LogP contribution in [0.4, 0.5) is 17.3 Å². The summed E-state index contributed by atoms with van der Waals surface area (Å²) in [6.07, 6.45) is 10.8. The van der Waals surface area contributed by atoms with Gasteiger partial charge in [-0.15, -0.1) is 0 Å². The second kappa shape index (κ2) is 14.0. The van der Waals surface area contributed by atoms with Crippen molar-refractivity contribution in [2.45, 2.75) is 37.8 Å². The van der Waals surface area contributed by atoms with E-state index in [0.29, 0.717) is 28.3 Å². The molecule has 2 aliphatic heterocycles. The van der Waals surface area contributed by atoms with Gasteiger partial charge in [-0.1, -0.05) is 23.2 Å². The number of amides is 1. The molecule has 0 aliphatic carbocycles. The van der Waals surface area contributed by atoms with Crippen LogP contribution in [0.5, 0.6) is 0 Å². The molecular formula is C28H33Cl2N13O. The Bertz CT molecular complexity index is 1680. The predicted molar refractivity (Wildman–Crippen MR) is 171 cm³/mol. The quantitative estimate of drug-likeness (QED) is 0.153. The Labute approximate surface area is 263 Å². The van der Waals surface area contributed by atoms with Gasteiger partial charge in [0.15, 0.2) is 11.3 Å². The van der Waals surface area contributed by atoms with Gasteiger partial charge in [-0.2, -0.15) is 10.2 Å². The fraction of sp³-hybridized carbons (Fsp3) is 0.393. The zero-order valence-corrected chi connectivity index (χ0v) is 25.4. The number of carbonyl (C=O) groups excluding carboxylic acids is 1. The van der Waals surface area contributed by atoms with Crippen molar-refractivity contribution in [1.29, 1.82) is 0 Å². The molecule has 0 bridgehead atoms. The summed E-state index contributed by atoms with van der Waals surface area (Å²) in [4.78, 5) is 31.3. The van der Waals surface area contributed by atoms with E-state index in [0.717, 1.165) is 66.2 Å². The maximum Gasteiger partial charge on any atom is 0.241 e. The molecule has 16 heteroatoms. The summed E-state index contributed by atoms with van der Waals surface area (Å²) < 4.78 is 0. The first-order valence-electron chi connectivity index (χ1n) is 14.5. The van der Waals surface area contributed by atoms with Crippen LogP contribution in [0.15, 0.2) is 43.2 Å². The van der Waals surface area contributed by atoms with Crippen molar-refractivity contribution in [2.75, 3.05) is 48.7 Å². The summed E-state index contributed by atoms with van der Waals surface area (Å²) in [6, 6.07) is 5.70. The smallest absolute Gasteiger partial charge is 0.241 e. The lowest BCUT2D eigenvalue weighted by molar-refractivity contribution is -0.130. The number of aromatic amines is 2. The molecule has 6 N–H and O–H groups in total. The van der Waals surface area contributed by atoms with E-state index in [1.807, 2.05) is 4.90 Å². The number of hydrogen-bond acceptors (Lipinski definition) is 11. The number of H-pyrrole nitrogens is 2. The Morgan fingerprint density at radius 2 is 1.50 bits per heavy atom. The number of nitrogens with zero attached hydrogens (tertiary/aromatic N) is 7. The number of anilines is 3. The van der Waals surface area contributed by atoms with Crippen LogP contribution in [0.1, 0.15) is 25.7 Å². The molecule has 1 aromatic carbocycles. The molecule has 7 rings (SSSR count). The van der Waals surface area contributed by atoms with Gasteiger partial charge in [0.1, 0.15) is 24.3 Å². The fourth-order valence-corrected chi connectivity index (χ4v) is 5.91. The van der Waals surface area contributed by atoms with Gasteiger partial charge in [0, 0.05) is 47.5 Å². The van der Waals surface area contributed by atoms with E-state index in [-0.39, 0.29) is 18.5 Å². The summed E-state index contributed by atoms with van der Waals surface area (Å²) in [7, 11) is 0. The lowest BCUT2D eigenvalue weighted by atomic mass is 10.1. The lowest BCUT2D eigenvalue weighted by Crippen LogP contribution is -2.47. The molecule has 2 aliphatic rings. The number of aromatic nitrogens is 8. The molecule has 0 spiro atoms. The van der Waals surface area contributed by atoms with Crippen LogP contribution in [0.3, 0.4) is 0 Å². The van der Waals surface area contributed by atoms with Crippen LogP contribution in [0.25, 0.3) is 22.1 Å². The van der Waals surface area contributed by atoms with Crippen molar-refractivity contribution in [3.05, 3.63) is 53.3 Å². The number of benzene rings is 1. The van der Waals surface area contributed by atoms with Gasteiger partial charge in [-0.05, 0) is 50.4 Å². The maximum atomic E-state index is 12.6. The Morgan fingerprint density at radius 1 is 0.864 bits per heavy atom. The first kappa shape index (κ1) is 29.8. The van der Waals surface area contributed by atoms with Gasteiger partial charge in [-0.25, -0.2) is 19.9 Å². The van der Waals surface area contributed by atoms with Crippen LogP contribution >= 0.6 is 23.2 Å². The normalized spacial score (nSPS) is 18.5. The molecule has 6 heterocycles. The minimum atomic E-state index is 0.0266. The SMILES string of the molecule is O=C(CNc1cc(Cl)cc(Cl)c1)N1CCC[C@@H](Nc2ncnc3[nH]ncc23)C1.c1nc(N[C@@H]2CCCNC2)c2cn[nH]c2n1. The standard InChI is InChI=1S/C18H19Cl2N7O.C10H14N6/c19-11-4-12(20)6-14(5-11)21-8-16(28)27-3-1-2-13(9-27)25-17-15-7-24-26-18(15)23-10-22-17;1-2-7(4-11-3-1)15-9-8-5-14-16-10(8)13-6-12-9/h4-7,10,13,21H,1-3,8-9H2,(H2,22,23,24,25,26);5-7,11H,1-4H2,(H2,12,13,14,15,16)/t13-;7-/m11/s1. The molecule has 0 unspecified atom stereocenters. The van der Waals surface area contributed by atoms with Crippen molar-refractivity contribution >= 4 is 68.5 Å². The zero-order chi connectivity index (χ0) is 30.3. The fourth-order valence-electron chi connectivity index (χ4n) is 5.39. The number of nitrogens with one attached hydrogen (secondary N) is 6. The van der Waals surface area contributed by atoms with E-state index in [1.54, 1.807) is 36.9 Å². The van der Waals surface area contributed by atoms with E-state index >= 15 is 0 Å². The van der Waals surface area contributed by atoms with Crippen LogP contribution in [0, 0.1) is 0 Å². The number of fused-ring (bicyclic) bond motifs is 2. The van der Waals surface area contributed by atoms with Crippen LogP contribution in [-0.4, -0.2) is 95.9 Å². The summed E-state index contributed by atoms with van der Waals surface area (Å²) >= 11 is 12.0. The third-order valence-corrected chi connectivity index (χ3v) is 7.99. The molecule has 5 aromatic rings. The highest BCUT2D eigenvalue weighted by Gasteiger charge is 2.24. The van der Waals surface area contributed by atoms with Crippen molar-refractivity contribution in [2.24, 2.45) is 0 Å². The van der Waals surface area contributed by atoms with Gasteiger partial charge in [-0.3, -0.25) is 15.0 Å². The van der Waals surface area contributed by atoms with E-state index in [2.05, 4.69) is 61.6 Å². The average molecular weight is 639 g/mol. The molecular weight excluding hydrogens is 605 g/mol. The van der Waals surface area contributed by atoms with E-state index in [9.17, 15) is 4.79 Å². The highest BCUT2D eigenvalue weighted by atomic mass is 35.5. The minimum absolute atomic E-state index is 0.0266. The van der Waals surface area contributed by atoms with Crippen LogP contribution in [-0.2, 0) is 4.79 Å². The number of carbonyl (C=O) groups is 1. The zero-order valence-electron chi connectivity index (χ0n) is 23.9. The average Bonchev–Trinajstić information content (AvgIpc) is 3.72. The third kappa shape index (κ3) is 7.44. The molecule has 0 radical (unpaired) electrons. The van der Waals surface area contributed by atoms with Crippen LogP contribution in [0.2, 0.25) is 10.0 Å². The first-order chi connectivity index (χ1) is 21.5. The van der Waals surface area contributed by atoms with Crippen LogP contribution < -0.4 is 21.3 Å². The molecule has 2 saturated heterocycles. The molecule has 44 heavy (non-hydrogen) atoms. The van der Waals surface area contributed by atoms with Crippen molar-refractivity contribution in [3.8, 4) is 0 Å². The summed E-state index contributed by atoms with van der Waals surface area (Å²) in [6.45, 7) is 3.63. The van der Waals surface area contributed by atoms with Gasteiger partial charge < -0.3 is 26.2 Å². The Morgan fingerprint density at radius 3 is 2.14 bits per heavy atom. The molecule has 0 saturated carbocycles. The highest BCUT2D eigenvalue weighted by Crippen LogP contribution is 2.23. The maximum absolute atomic E-state index is 12.6. The van der Waals surface area contributed by atoms with Gasteiger partial charge in [0.2, 0.25) is 5.91 Å². The van der Waals surface area contributed by atoms with Crippen molar-refractivity contribution < 1.29 is 4.79 Å². The monoisotopic (exact) mass is 637 g/mol. The molecule has 2 atom stereocenters. The van der Waals surface area contributed by atoms with Crippen molar-refractivity contribution in [3.63, 3.8) is 0 Å². The predicted octanol–water partition coefficient (Wildman–Crippen LogP) is 3.69. The number of hydrogen-bond donors (Lipinski definition) is 6. The third-order valence-electron chi connectivity index (χ3n) is 7.55. The Kier molecular flexibility index (Phi) is 9.48. The van der Waals surface area contributed by atoms with Crippen molar-refractivity contribution in [1.82, 2.24) is 50.5 Å². The first-order valence-corrected chi connectivity index (χ1v) is 15.3. The Balaban J connectivity index is 0.000000181. The van der Waals surface area contributed by atoms with E-state index in [1.165, 1.54) is 19.2 Å². The van der Waals surface area contributed by atoms with Gasteiger partial charge >= 0.3 is 0 Å². The summed E-state index contributed by atoms with van der Waals surface area (Å²) in [5, 5.41) is 29.8. The molecule has 1 amide bonds. The highest BCUT2D eigenvalue weighted by molar-refractivity contribution is 6.35. The van der Waals surface area contributed by atoms with Gasteiger partial charge in [0.25, 0.3) is 0 Å². The second-order valence-electron chi connectivity index (χ2n) is 10.7. The molecule has 2 fully saturated rings. The lowest BCUT2D eigenvalue weighted by Gasteiger charge is -2.33.